The van der Waals surface area contributed by atoms with E-state index in [1.807, 2.05) is 13.0 Å². The number of aromatic nitrogens is 5. The predicted molar refractivity (Wildman–Crippen MR) is 120 cm³/mol. The molecule has 0 bridgehead atoms. The highest BCUT2D eigenvalue weighted by molar-refractivity contribution is 5.94. The number of imidazole rings is 1. The second kappa shape index (κ2) is 8.01. The van der Waals surface area contributed by atoms with Crippen LogP contribution < -0.4 is 5.32 Å². The number of carbonyl (C=O) groups is 1. The summed E-state index contributed by atoms with van der Waals surface area (Å²) < 4.78 is 31.1. The van der Waals surface area contributed by atoms with Gasteiger partial charge in [0.25, 0.3) is 5.91 Å². The first-order valence-electron chi connectivity index (χ1n) is 10.2. The summed E-state index contributed by atoms with van der Waals surface area (Å²) >= 11 is 0. The van der Waals surface area contributed by atoms with E-state index < -0.39 is 17.8 Å². The second-order valence-corrected chi connectivity index (χ2v) is 7.57. The highest BCUT2D eigenvalue weighted by Gasteiger charge is 2.19. The first-order chi connectivity index (χ1) is 16.0. The molecule has 33 heavy (non-hydrogen) atoms. The minimum Gasteiger partial charge on any atom is -0.355 e. The lowest BCUT2D eigenvalue weighted by atomic mass is 10.0. The molecule has 0 radical (unpaired) electrons. The molecule has 0 fully saturated rings. The van der Waals surface area contributed by atoms with Gasteiger partial charge in [-0.1, -0.05) is 12.1 Å². The number of hydrogen-bond donors (Lipinski definition) is 1. The fraction of sp³-hybridized carbons (Fsp3) is 0.125. The predicted octanol–water partition coefficient (Wildman–Crippen LogP) is 4.29. The number of pyridine rings is 1. The van der Waals surface area contributed by atoms with Crippen LogP contribution in [0.2, 0.25) is 0 Å². The lowest BCUT2D eigenvalue weighted by Gasteiger charge is -2.16. The van der Waals surface area contributed by atoms with E-state index in [0.717, 1.165) is 5.39 Å². The zero-order chi connectivity index (χ0) is 23.1. The Labute approximate surface area is 187 Å². The molecule has 1 amide bonds. The largest absolute Gasteiger partial charge is 0.355 e. The number of halogens is 2. The molecule has 0 spiro atoms. The molecular weight excluding hydrogens is 426 g/mol. The number of rotatable bonds is 4. The number of hydrogen-bond acceptors (Lipinski definition) is 5. The van der Waals surface area contributed by atoms with E-state index in [9.17, 15) is 13.6 Å². The van der Waals surface area contributed by atoms with Gasteiger partial charge in [-0.2, -0.15) is 0 Å². The summed E-state index contributed by atoms with van der Waals surface area (Å²) in [5, 5.41) is 3.22. The van der Waals surface area contributed by atoms with E-state index in [1.54, 1.807) is 35.3 Å². The molecule has 1 unspecified atom stereocenters. The molecule has 5 rings (SSSR count). The molecular formula is C24H18F2N6O. The van der Waals surface area contributed by atoms with Gasteiger partial charge in [0.05, 0.1) is 35.3 Å². The monoisotopic (exact) mass is 444 g/mol. The van der Waals surface area contributed by atoms with Crippen LogP contribution in [-0.2, 0) is 0 Å². The van der Waals surface area contributed by atoms with E-state index in [1.165, 1.54) is 31.4 Å². The Balaban J connectivity index is 1.57. The number of carbonyl (C=O) groups excluding carboxylic acids is 1. The van der Waals surface area contributed by atoms with E-state index in [4.69, 9.17) is 0 Å². The molecule has 0 aliphatic heterocycles. The van der Waals surface area contributed by atoms with Crippen molar-refractivity contribution in [1.82, 2.24) is 29.8 Å². The average Bonchev–Trinajstić information content (AvgIpc) is 3.26. The summed E-state index contributed by atoms with van der Waals surface area (Å²) in [6, 6.07) is 10.6. The number of benzene rings is 2. The summed E-state index contributed by atoms with van der Waals surface area (Å²) in [5.41, 5.74) is 2.65. The van der Waals surface area contributed by atoms with Crippen molar-refractivity contribution >= 4 is 28.1 Å². The van der Waals surface area contributed by atoms with Gasteiger partial charge in [0.15, 0.2) is 11.3 Å². The van der Waals surface area contributed by atoms with Gasteiger partial charge in [-0.25, -0.2) is 23.7 Å². The molecule has 0 aliphatic rings. The van der Waals surface area contributed by atoms with Crippen LogP contribution >= 0.6 is 0 Å². The van der Waals surface area contributed by atoms with Crippen LogP contribution in [0.1, 0.15) is 28.9 Å². The molecule has 0 saturated carbocycles. The maximum absolute atomic E-state index is 14.9. The lowest BCUT2D eigenvalue weighted by molar-refractivity contribution is 0.0959. The minimum atomic E-state index is -0.664. The van der Waals surface area contributed by atoms with Crippen molar-refractivity contribution < 1.29 is 13.6 Å². The number of amides is 1. The number of fused-ring (bicyclic) bond motifs is 2. The molecule has 1 N–H and O–H groups in total. The SMILES string of the molecule is CNC(=O)c1ccc(-c2cnc3ncn(C(C)c4cc5cccnc5cc4F)c3n2)cc1F. The van der Waals surface area contributed by atoms with Gasteiger partial charge >= 0.3 is 0 Å². The maximum Gasteiger partial charge on any atom is 0.253 e. The second-order valence-electron chi connectivity index (χ2n) is 7.57. The van der Waals surface area contributed by atoms with Crippen molar-refractivity contribution in [2.24, 2.45) is 0 Å². The Morgan fingerprint density at radius 1 is 1.06 bits per heavy atom. The molecule has 2 aromatic carbocycles. The van der Waals surface area contributed by atoms with Crippen LogP contribution in [0.4, 0.5) is 8.78 Å². The highest BCUT2D eigenvalue weighted by Crippen LogP contribution is 2.28. The Bertz CT molecular complexity index is 1530. The minimum absolute atomic E-state index is 0.0600. The zero-order valence-electron chi connectivity index (χ0n) is 17.8. The van der Waals surface area contributed by atoms with Crippen molar-refractivity contribution in [2.75, 3.05) is 7.05 Å². The van der Waals surface area contributed by atoms with Gasteiger partial charge in [0.1, 0.15) is 11.6 Å². The third-order valence-electron chi connectivity index (χ3n) is 5.61. The summed E-state index contributed by atoms with van der Waals surface area (Å²) in [6.45, 7) is 1.84. The average molecular weight is 444 g/mol. The van der Waals surface area contributed by atoms with Crippen molar-refractivity contribution in [1.29, 1.82) is 0 Å². The van der Waals surface area contributed by atoms with E-state index in [2.05, 4.69) is 25.3 Å². The topological polar surface area (TPSA) is 85.6 Å². The van der Waals surface area contributed by atoms with E-state index >= 15 is 0 Å². The van der Waals surface area contributed by atoms with Gasteiger partial charge in [-0.05, 0) is 31.2 Å². The van der Waals surface area contributed by atoms with Crippen molar-refractivity contribution in [2.45, 2.75) is 13.0 Å². The third kappa shape index (κ3) is 3.57. The van der Waals surface area contributed by atoms with Crippen molar-refractivity contribution in [3.8, 4) is 11.3 Å². The van der Waals surface area contributed by atoms with Crippen LogP contribution in [0, 0.1) is 11.6 Å². The van der Waals surface area contributed by atoms with Gasteiger partial charge < -0.3 is 9.88 Å². The Morgan fingerprint density at radius 3 is 2.70 bits per heavy atom. The van der Waals surface area contributed by atoms with Crippen molar-refractivity contribution in [3.05, 3.63) is 83.9 Å². The maximum atomic E-state index is 14.9. The molecule has 0 aliphatic carbocycles. The van der Waals surface area contributed by atoms with E-state index in [0.29, 0.717) is 33.6 Å². The molecule has 5 aromatic rings. The smallest absolute Gasteiger partial charge is 0.253 e. The molecule has 3 aromatic heterocycles. The molecule has 0 saturated heterocycles. The fourth-order valence-electron chi connectivity index (χ4n) is 3.81. The van der Waals surface area contributed by atoms with Crippen molar-refractivity contribution in [3.63, 3.8) is 0 Å². The van der Waals surface area contributed by atoms with Gasteiger partial charge in [0, 0.05) is 35.8 Å². The van der Waals surface area contributed by atoms with Gasteiger partial charge in [-0.15, -0.1) is 0 Å². The van der Waals surface area contributed by atoms with Crippen LogP contribution in [0.5, 0.6) is 0 Å². The Morgan fingerprint density at radius 2 is 1.91 bits per heavy atom. The first-order valence-corrected chi connectivity index (χ1v) is 10.2. The summed E-state index contributed by atoms with van der Waals surface area (Å²) in [7, 11) is 1.44. The standard InChI is InChI=1S/C24H18F2N6O/c1-13(17-8-14-4-3-7-28-20(14)10-19(17)26)32-12-30-22-23(32)31-21(11-29-22)15-5-6-16(18(25)9-15)24(33)27-2/h3-13H,1-2H3,(H,27,33). The normalized spacial score (nSPS) is 12.2. The quantitative estimate of drug-likeness (QED) is 0.447. The van der Waals surface area contributed by atoms with Crippen LogP contribution in [0.15, 0.2) is 61.2 Å². The summed E-state index contributed by atoms with van der Waals surface area (Å²) in [4.78, 5) is 29.2. The summed E-state index contributed by atoms with van der Waals surface area (Å²) in [6.07, 6.45) is 4.66. The fourth-order valence-corrected chi connectivity index (χ4v) is 3.81. The molecule has 7 nitrogen and oxygen atoms in total. The van der Waals surface area contributed by atoms with Gasteiger partial charge in [0.2, 0.25) is 0 Å². The van der Waals surface area contributed by atoms with Crippen LogP contribution in [-0.4, -0.2) is 37.5 Å². The summed E-state index contributed by atoms with van der Waals surface area (Å²) in [5.74, 6) is -1.56. The highest BCUT2D eigenvalue weighted by atomic mass is 19.1. The zero-order valence-corrected chi connectivity index (χ0v) is 17.8. The van der Waals surface area contributed by atoms with Crippen LogP contribution in [0.3, 0.4) is 0 Å². The number of nitrogens with zero attached hydrogens (tertiary/aromatic N) is 5. The third-order valence-corrected chi connectivity index (χ3v) is 5.61. The molecule has 164 valence electrons. The molecule has 3 heterocycles. The number of nitrogens with one attached hydrogen (secondary N) is 1. The Kier molecular flexibility index (Phi) is 5.01. The molecule has 1 atom stereocenters. The van der Waals surface area contributed by atoms with Gasteiger partial charge in [-0.3, -0.25) is 9.78 Å². The van der Waals surface area contributed by atoms with Crippen LogP contribution in [0.25, 0.3) is 33.5 Å². The Hall–Kier alpha value is -4.27. The first kappa shape index (κ1) is 20.6. The lowest BCUT2D eigenvalue weighted by Crippen LogP contribution is -2.19. The van der Waals surface area contributed by atoms with E-state index in [-0.39, 0.29) is 11.4 Å². The molecule has 9 heteroatoms.